The fraction of sp³-hybridized carbons (Fsp3) is 1.00. The topological polar surface area (TPSA) is 20.2 Å². The number of aliphatic hydroxyl groups excluding tert-OH is 1. The summed E-state index contributed by atoms with van der Waals surface area (Å²) in [4.78, 5) is 0. The zero-order chi connectivity index (χ0) is 11.4. The number of hydrogen-bond acceptors (Lipinski definition) is 1. The van der Waals surface area contributed by atoms with E-state index >= 15 is 0 Å². The molecule has 2 unspecified atom stereocenters. The van der Waals surface area contributed by atoms with Crippen molar-refractivity contribution in [1.29, 1.82) is 0 Å². The number of rotatable bonds is 1. The largest absolute Gasteiger partial charge is 0.392 e. The van der Waals surface area contributed by atoms with E-state index in [9.17, 15) is 5.11 Å². The molecule has 2 saturated carbocycles. The lowest BCUT2D eigenvalue weighted by Gasteiger charge is -2.38. The SMILES string of the molecule is OC1CCCCCC1(Br)C1CCCCCC1. The van der Waals surface area contributed by atoms with E-state index in [-0.39, 0.29) is 10.4 Å². The molecule has 1 N–H and O–H groups in total. The molecule has 0 radical (unpaired) electrons. The minimum Gasteiger partial charge on any atom is -0.392 e. The van der Waals surface area contributed by atoms with Gasteiger partial charge in [0, 0.05) is 0 Å². The van der Waals surface area contributed by atoms with E-state index in [0.29, 0.717) is 5.92 Å². The smallest absolute Gasteiger partial charge is 0.0696 e. The predicted octanol–water partition coefficient (Wildman–Crippen LogP) is 4.42. The van der Waals surface area contributed by atoms with Crippen molar-refractivity contribution in [2.45, 2.75) is 81.1 Å². The van der Waals surface area contributed by atoms with Crippen LogP contribution < -0.4 is 0 Å². The highest BCUT2D eigenvalue weighted by Crippen LogP contribution is 2.46. The van der Waals surface area contributed by atoms with Gasteiger partial charge in [0.2, 0.25) is 0 Å². The maximum absolute atomic E-state index is 10.4. The molecule has 16 heavy (non-hydrogen) atoms. The normalized spacial score (nSPS) is 39.0. The lowest BCUT2D eigenvalue weighted by Crippen LogP contribution is -2.42. The first-order valence-corrected chi connectivity index (χ1v) is 7.90. The molecule has 0 aromatic heterocycles. The van der Waals surface area contributed by atoms with E-state index in [1.807, 2.05) is 0 Å². The maximum Gasteiger partial charge on any atom is 0.0696 e. The molecule has 2 heteroatoms. The lowest BCUT2D eigenvalue weighted by molar-refractivity contribution is 0.0880. The standard InChI is InChI=1S/C14H25BrO/c15-14(11-7-3-6-10-13(14)16)12-8-4-1-2-5-9-12/h12-13,16H,1-11H2. The summed E-state index contributed by atoms with van der Waals surface area (Å²) in [6.45, 7) is 0. The Morgan fingerprint density at radius 2 is 1.38 bits per heavy atom. The molecule has 0 saturated heterocycles. The number of alkyl halides is 1. The van der Waals surface area contributed by atoms with Gasteiger partial charge in [0.15, 0.2) is 0 Å². The quantitative estimate of drug-likeness (QED) is 0.560. The van der Waals surface area contributed by atoms with Crippen molar-refractivity contribution in [2.75, 3.05) is 0 Å². The molecule has 0 heterocycles. The summed E-state index contributed by atoms with van der Waals surface area (Å²) in [7, 11) is 0. The molecule has 0 aromatic carbocycles. The molecule has 2 atom stereocenters. The minimum absolute atomic E-state index is 0.0494. The van der Waals surface area contributed by atoms with E-state index in [1.165, 1.54) is 64.2 Å². The monoisotopic (exact) mass is 288 g/mol. The van der Waals surface area contributed by atoms with E-state index in [1.54, 1.807) is 0 Å². The molecule has 0 spiro atoms. The van der Waals surface area contributed by atoms with Gasteiger partial charge in [-0.25, -0.2) is 0 Å². The second-order valence-electron chi connectivity index (χ2n) is 5.73. The first-order chi connectivity index (χ1) is 7.73. The molecular formula is C14H25BrO. The number of halogens is 1. The van der Waals surface area contributed by atoms with Gasteiger partial charge in [-0.1, -0.05) is 60.9 Å². The van der Waals surface area contributed by atoms with Crippen molar-refractivity contribution in [3.8, 4) is 0 Å². The van der Waals surface area contributed by atoms with Crippen molar-refractivity contribution < 1.29 is 5.11 Å². The van der Waals surface area contributed by atoms with Gasteiger partial charge < -0.3 is 5.11 Å². The molecule has 2 aliphatic carbocycles. The van der Waals surface area contributed by atoms with Crippen molar-refractivity contribution >= 4 is 15.9 Å². The molecular weight excluding hydrogens is 264 g/mol. The summed E-state index contributed by atoms with van der Waals surface area (Å²) in [5, 5.41) is 10.4. The van der Waals surface area contributed by atoms with Crippen LogP contribution in [0.15, 0.2) is 0 Å². The Labute approximate surface area is 108 Å². The third-order valence-corrected chi connectivity index (χ3v) is 6.20. The Bertz CT molecular complexity index is 211. The van der Waals surface area contributed by atoms with Gasteiger partial charge in [-0.15, -0.1) is 0 Å². The van der Waals surface area contributed by atoms with E-state index in [0.717, 1.165) is 6.42 Å². The van der Waals surface area contributed by atoms with Gasteiger partial charge in [-0.2, -0.15) is 0 Å². The minimum atomic E-state index is -0.113. The zero-order valence-electron chi connectivity index (χ0n) is 10.3. The molecule has 2 fully saturated rings. The highest BCUT2D eigenvalue weighted by molar-refractivity contribution is 9.10. The average Bonchev–Trinajstić information content (AvgIpc) is 2.63. The molecule has 2 aliphatic rings. The average molecular weight is 289 g/mol. The van der Waals surface area contributed by atoms with Gasteiger partial charge in [-0.3, -0.25) is 0 Å². The maximum atomic E-state index is 10.4. The van der Waals surface area contributed by atoms with Crippen LogP contribution in [-0.4, -0.2) is 15.5 Å². The Morgan fingerprint density at radius 3 is 2.06 bits per heavy atom. The second kappa shape index (κ2) is 5.86. The van der Waals surface area contributed by atoms with Crippen LogP contribution in [0.4, 0.5) is 0 Å². The fourth-order valence-electron chi connectivity index (χ4n) is 3.55. The Kier molecular flexibility index (Phi) is 4.72. The van der Waals surface area contributed by atoms with E-state index < -0.39 is 0 Å². The van der Waals surface area contributed by atoms with Crippen molar-refractivity contribution in [3.63, 3.8) is 0 Å². The predicted molar refractivity (Wildman–Crippen MR) is 71.9 cm³/mol. The highest BCUT2D eigenvalue weighted by atomic mass is 79.9. The van der Waals surface area contributed by atoms with Crippen LogP contribution in [0, 0.1) is 5.92 Å². The molecule has 1 nitrogen and oxygen atoms in total. The summed E-state index contributed by atoms with van der Waals surface area (Å²) in [5.41, 5.74) is 0. The third kappa shape index (κ3) is 2.81. The first-order valence-electron chi connectivity index (χ1n) is 7.10. The van der Waals surface area contributed by atoms with Crippen LogP contribution in [0.3, 0.4) is 0 Å². The van der Waals surface area contributed by atoms with Crippen LogP contribution in [0.2, 0.25) is 0 Å². The Hall–Kier alpha value is 0.440. The summed E-state index contributed by atoms with van der Waals surface area (Å²) in [5.74, 6) is 0.711. The molecule has 0 bridgehead atoms. The third-order valence-electron chi connectivity index (χ3n) is 4.63. The van der Waals surface area contributed by atoms with Crippen molar-refractivity contribution in [2.24, 2.45) is 5.92 Å². The van der Waals surface area contributed by atoms with Crippen LogP contribution in [0.5, 0.6) is 0 Å². The summed E-state index contributed by atoms with van der Waals surface area (Å²) in [6.07, 6.45) is 14.0. The van der Waals surface area contributed by atoms with Gasteiger partial charge in [0.05, 0.1) is 10.4 Å². The Morgan fingerprint density at radius 1 is 0.812 bits per heavy atom. The summed E-state index contributed by atoms with van der Waals surface area (Å²) in [6, 6.07) is 0. The van der Waals surface area contributed by atoms with Gasteiger partial charge in [0.1, 0.15) is 0 Å². The first kappa shape index (κ1) is 12.9. The van der Waals surface area contributed by atoms with Crippen molar-refractivity contribution in [3.05, 3.63) is 0 Å². The fourth-order valence-corrected chi connectivity index (χ4v) is 4.52. The molecule has 0 amide bonds. The lowest BCUT2D eigenvalue weighted by atomic mass is 9.79. The number of hydrogen-bond donors (Lipinski definition) is 1. The van der Waals surface area contributed by atoms with E-state index in [4.69, 9.17) is 0 Å². The molecule has 94 valence electrons. The van der Waals surface area contributed by atoms with Crippen molar-refractivity contribution in [1.82, 2.24) is 0 Å². The van der Waals surface area contributed by atoms with Gasteiger partial charge in [-0.05, 0) is 31.6 Å². The molecule has 0 aromatic rings. The second-order valence-corrected chi connectivity index (χ2v) is 7.21. The zero-order valence-corrected chi connectivity index (χ0v) is 11.8. The molecule has 2 rings (SSSR count). The summed E-state index contributed by atoms with van der Waals surface area (Å²) < 4.78 is 0.0494. The van der Waals surface area contributed by atoms with Crippen LogP contribution in [0.25, 0.3) is 0 Å². The van der Waals surface area contributed by atoms with Gasteiger partial charge >= 0.3 is 0 Å². The molecule has 0 aliphatic heterocycles. The van der Waals surface area contributed by atoms with E-state index in [2.05, 4.69) is 15.9 Å². The Balaban J connectivity index is 2.06. The van der Waals surface area contributed by atoms with Crippen LogP contribution in [-0.2, 0) is 0 Å². The summed E-state index contributed by atoms with van der Waals surface area (Å²) >= 11 is 3.96. The van der Waals surface area contributed by atoms with Gasteiger partial charge in [0.25, 0.3) is 0 Å². The van der Waals surface area contributed by atoms with Crippen LogP contribution >= 0.6 is 15.9 Å². The number of aliphatic hydroxyl groups is 1. The van der Waals surface area contributed by atoms with Crippen LogP contribution in [0.1, 0.15) is 70.6 Å². The highest BCUT2D eigenvalue weighted by Gasteiger charge is 2.42.